The molecular weight excluding hydrogens is 624 g/mol. The molecule has 5 rings (SSSR count). The third kappa shape index (κ3) is 8.69. The second-order valence-electron chi connectivity index (χ2n) is 9.79. The molecule has 3 amide bonds. The number of anilines is 2. The van der Waals surface area contributed by atoms with Crippen molar-refractivity contribution in [2.75, 3.05) is 10.6 Å². The number of thioether (sulfide) groups is 1. The first-order valence-corrected chi connectivity index (χ1v) is 16.3. The fourth-order valence-corrected chi connectivity index (χ4v) is 6.26. The highest BCUT2D eigenvalue weighted by Crippen LogP contribution is 2.32. The zero-order valence-electron chi connectivity index (χ0n) is 24.2. The Morgan fingerprint density at radius 1 is 0.889 bits per heavy atom. The summed E-state index contributed by atoms with van der Waals surface area (Å²) in [6.07, 6.45) is 2.20. The summed E-state index contributed by atoms with van der Waals surface area (Å²) in [5.74, 6) is -1.05. The average Bonchev–Trinajstić information content (AvgIpc) is 3.52. The highest BCUT2D eigenvalue weighted by molar-refractivity contribution is 8.00. The number of aromatic nitrogens is 1. The number of carbonyl (C=O) groups excluding carboxylic acids is 3. The van der Waals surface area contributed by atoms with Crippen molar-refractivity contribution in [2.45, 2.75) is 23.5 Å². The van der Waals surface area contributed by atoms with Crippen LogP contribution in [-0.2, 0) is 9.59 Å². The van der Waals surface area contributed by atoms with Gasteiger partial charge in [-0.05, 0) is 54.5 Å². The van der Waals surface area contributed by atoms with Gasteiger partial charge < -0.3 is 16.0 Å². The summed E-state index contributed by atoms with van der Waals surface area (Å²) in [4.78, 5) is 44.9. The molecule has 0 radical (unpaired) electrons. The number of halogens is 1. The number of nitrogens with one attached hydrogen (secondary N) is 3. The molecule has 0 saturated heterocycles. The summed E-state index contributed by atoms with van der Waals surface area (Å²) >= 11 is 9.04. The van der Waals surface area contributed by atoms with Crippen molar-refractivity contribution in [3.05, 3.63) is 136 Å². The van der Waals surface area contributed by atoms with Crippen molar-refractivity contribution >= 4 is 69.3 Å². The van der Waals surface area contributed by atoms with Gasteiger partial charge in [0.1, 0.15) is 5.70 Å². The van der Waals surface area contributed by atoms with E-state index in [2.05, 4.69) is 20.9 Å². The molecule has 1 heterocycles. The first kappa shape index (κ1) is 31.7. The maximum Gasteiger partial charge on any atom is 0.272 e. The van der Waals surface area contributed by atoms with Crippen LogP contribution in [0, 0.1) is 0 Å². The Hall–Kier alpha value is -4.70. The van der Waals surface area contributed by atoms with Crippen molar-refractivity contribution in [3.63, 3.8) is 0 Å². The van der Waals surface area contributed by atoms with Crippen LogP contribution in [0.4, 0.5) is 10.8 Å². The minimum absolute atomic E-state index is 0.0959. The van der Waals surface area contributed by atoms with Crippen molar-refractivity contribution in [3.8, 4) is 11.3 Å². The van der Waals surface area contributed by atoms with Crippen LogP contribution in [0.2, 0.25) is 5.02 Å². The molecule has 0 aliphatic carbocycles. The fourth-order valence-electron chi connectivity index (χ4n) is 4.30. The Morgan fingerprint density at radius 2 is 1.60 bits per heavy atom. The number of thiazole rings is 1. The molecule has 1 aromatic heterocycles. The number of benzene rings is 4. The van der Waals surface area contributed by atoms with Gasteiger partial charge in [0.15, 0.2) is 5.13 Å². The number of carbonyl (C=O) groups is 3. The van der Waals surface area contributed by atoms with Gasteiger partial charge in [0.05, 0.1) is 10.9 Å². The van der Waals surface area contributed by atoms with E-state index in [1.807, 2.05) is 79.0 Å². The fraction of sp³-hybridized carbons (Fsp3) is 0.0857. The Bertz CT molecular complexity index is 1830. The van der Waals surface area contributed by atoms with Crippen molar-refractivity contribution < 1.29 is 14.4 Å². The largest absolute Gasteiger partial charge is 0.321 e. The van der Waals surface area contributed by atoms with Gasteiger partial charge in [-0.1, -0.05) is 91.3 Å². The number of amides is 3. The monoisotopic (exact) mass is 652 g/mol. The molecule has 0 saturated carbocycles. The Morgan fingerprint density at radius 3 is 2.33 bits per heavy atom. The maximum absolute atomic E-state index is 13.4. The van der Waals surface area contributed by atoms with Crippen LogP contribution in [0.25, 0.3) is 17.3 Å². The van der Waals surface area contributed by atoms with Crippen LogP contribution in [0.5, 0.6) is 0 Å². The predicted molar refractivity (Wildman–Crippen MR) is 185 cm³/mol. The highest BCUT2D eigenvalue weighted by Gasteiger charge is 2.21. The molecule has 4 aromatic carbocycles. The molecule has 0 bridgehead atoms. The van der Waals surface area contributed by atoms with Crippen molar-refractivity contribution in [1.82, 2.24) is 10.3 Å². The molecule has 1 unspecified atom stereocenters. The number of hydrogen-bond acceptors (Lipinski definition) is 6. The van der Waals surface area contributed by atoms with Crippen LogP contribution < -0.4 is 16.0 Å². The van der Waals surface area contributed by atoms with Gasteiger partial charge in [0.25, 0.3) is 11.8 Å². The van der Waals surface area contributed by atoms with Crippen LogP contribution in [-0.4, -0.2) is 28.0 Å². The summed E-state index contributed by atoms with van der Waals surface area (Å²) in [6.45, 7) is 1.94. The van der Waals surface area contributed by atoms with E-state index >= 15 is 0 Å². The summed E-state index contributed by atoms with van der Waals surface area (Å²) in [5, 5.41) is 11.1. The van der Waals surface area contributed by atoms with E-state index in [1.165, 1.54) is 23.1 Å². The Balaban J connectivity index is 1.27. The van der Waals surface area contributed by atoms with Crippen LogP contribution >= 0.6 is 34.7 Å². The summed E-state index contributed by atoms with van der Waals surface area (Å²) in [5.41, 5.74) is 3.32. The van der Waals surface area contributed by atoms with Crippen molar-refractivity contribution in [1.29, 1.82) is 0 Å². The standard InChI is InChI=1S/C35H29ClN4O3S2/c1-2-31(34(43)40-35-39-30(22-44-35)27-18-9-10-19-28(27)36)45-26-17-11-16-25(21-26)37-33(42)29(20-23-12-5-3-6-13-23)38-32(41)24-14-7-4-8-15-24/h3-22,31H,2H2,1H3,(H,37,42)(H,38,41)(H,39,40,43)/b29-20-. The second kappa shape index (κ2) is 15.3. The van der Waals surface area contributed by atoms with Gasteiger partial charge in [-0.25, -0.2) is 4.98 Å². The zero-order chi connectivity index (χ0) is 31.6. The summed E-state index contributed by atoms with van der Waals surface area (Å²) in [6, 6.07) is 32.7. The smallest absolute Gasteiger partial charge is 0.272 e. The normalized spacial score (nSPS) is 11.8. The molecule has 0 aliphatic heterocycles. The molecule has 7 nitrogen and oxygen atoms in total. The van der Waals surface area contributed by atoms with E-state index in [1.54, 1.807) is 48.5 Å². The quantitative estimate of drug-likeness (QED) is 0.0983. The van der Waals surface area contributed by atoms with E-state index in [-0.39, 0.29) is 11.6 Å². The molecule has 0 fully saturated rings. The van der Waals surface area contributed by atoms with Gasteiger partial charge >= 0.3 is 0 Å². The molecule has 1 atom stereocenters. The number of nitrogens with zero attached hydrogens (tertiary/aromatic N) is 1. The topological polar surface area (TPSA) is 100 Å². The molecule has 10 heteroatoms. The van der Waals surface area contributed by atoms with E-state index in [9.17, 15) is 14.4 Å². The van der Waals surface area contributed by atoms with E-state index in [0.29, 0.717) is 33.5 Å². The highest BCUT2D eigenvalue weighted by atomic mass is 35.5. The molecule has 45 heavy (non-hydrogen) atoms. The van der Waals surface area contributed by atoms with E-state index in [0.717, 1.165) is 16.0 Å². The lowest BCUT2D eigenvalue weighted by Gasteiger charge is -2.15. The maximum atomic E-state index is 13.4. The van der Waals surface area contributed by atoms with Gasteiger partial charge in [0, 0.05) is 32.1 Å². The number of rotatable bonds is 11. The average molecular weight is 653 g/mol. The molecule has 5 aromatic rings. The SMILES string of the molecule is CCC(Sc1cccc(NC(=O)/C(=C/c2ccccc2)NC(=O)c2ccccc2)c1)C(=O)Nc1nc(-c2ccccc2Cl)cs1. The third-order valence-corrected chi connectivity index (χ3v) is 9.00. The summed E-state index contributed by atoms with van der Waals surface area (Å²) in [7, 11) is 0. The minimum Gasteiger partial charge on any atom is -0.321 e. The minimum atomic E-state index is -0.479. The van der Waals surface area contributed by atoms with Crippen LogP contribution in [0.15, 0.2) is 125 Å². The van der Waals surface area contributed by atoms with Gasteiger partial charge in [-0.3, -0.25) is 14.4 Å². The first-order chi connectivity index (χ1) is 21.9. The molecule has 0 aliphatic rings. The lowest BCUT2D eigenvalue weighted by atomic mass is 10.1. The lowest BCUT2D eigenvalue weighted by molar-refractivity contribution is -0.116. The van der Waals surface area contributed by atoms with Crippen LogP contribution in [0.3, 0.4) is 0 Å². The molecule has 3 N–H and O–H groups in total. The van der Waals surface area contributed by atoms with Gasteiger partial charge in [-0.2, -0.15) is 0 Å². The molecular formula is C35H29ClN4O3S2. The predicted octanol–water partition coefficient (Wildman–Crippen LogP) is 8.38. The Labute approximate surface area is 274 Å². The summed E-state index contributed by atoms with van der Waals surface area (Å²) < 4.78 is 0. The lowest BCUT2D eigenvalue weighted by Crippen LogP contribution is -2.30. The van der Waals surface area contributed by atoms with Crippen LogP contribution in [0.1, 0.15) is 29.3 Å². The van der Waals surface area contributed by atoms with Gasteiger partial charge in [-0.15, -0.1) is 23.1 Å². The molecule has 226 valence electrons. The third-order valence-electron chi connectivity index (χ3n) is 6.56. The number of hydrogen-bond donors (Lipinski definition) is 3. The van der Waals surface area contributed by atoms with Gasteiger partial charge in [0.2, 0.25) is 5.91 Å². The first-order valence-electron chi connectivity index (χ1n) is 14.1. The van der Waals surface area contributed by atoms with E-state index < -0.39 is 17.1 Å². The molecule has 0 spiro atoms. The zero-order valence-corrected chi connectivity index (χ0v) is 26.6. The van der Waals surface area contributed by atoms with E-state index in [4.69, 9.17) is 11.6 Å². The Kier molecular flexibility index (Phi) is 10.8. The van der Waals surface area contributed by atoms with Crippen molar-refractivity contribution in [2.24, 2.45) is 0 Å². The second-order valence-corrected chi connectivity index (χ2v) is 12.3.